The molecule has 0 saturated heterocycles. The van der Waals surface area contributed by atoms with E-state index in [1.807, 2.05) is 23.6 Å². The number of hydrogen-bond donors (Lipinski definition) is 0. The molecule has 3 rings (SSSR count). The van der Waals surface area contributed by atoms with Gasteiger partial charge in [-0.1, -0.05) is 39.7 Å². The van der Waals surface area contributed by atoms with Crippen LogP contribution in [0.2, 0.25) is 5.02 Å². The van der Waals surface area contributed by atoms with Crippen LogP contribution >= 0.6 is 54.8 Å². The molecule has 0 aliphatic carbocycles. The summed E-state index contributed by atoms with van der Waals surface area (Å²) >= 11 is 14.5. The second-order valence-corrected chi connectivity index (χ2v) is 7.24. The van der Waals surface area contributed by atoms with Gasteiger partial charge in [0.25, 0.3) is 0 Å². The zero-order valence-corrected chi connectivity index (χ0v) is 14.7. The summed E-state index contributed by atoms with van der Waals surface area (Å²) in [5.74, 6) is -0.0243. The lowest BCUT2D eigenvalue weighted by Crippen LogP contribution is -2.01. The highest BCUT2D eigenvalue weighted by Gasteiger charge is 2.17. The van der Waals surface area contributed by atoms with E-state index in [1.54, 1.807) is 29.5 Å². The maximum Gasteiger partial charge on any atom is 0.195 e. The van der Waals surface area contributed by atoms with Crippen molar-refractivity contribution in [2.45, 2.75) is 0 Å². The summed E-state index contributed by atoms with van der Waals surface area (Å²) in [6.07, 6.45) is 0. The van der Waals surface area contributed by atoms with Crippen molar-refractivity contribution in [3.8, 4) is 0 Å². The second-order valence-electron chi connectivity index (χ2n) is 4.22. The van der Waals surface area contributed by atoms with Crippen LogP contribution < -0.4 is 0 Å². The standard InChI is InChI=1S/C15H7Br2ClOS/c16-12-5-4-8(18)6-10(12)14(19)11-7-20-15-9(11)2-1-3-13(15)17/h1-7H. The van der Waals surface area contributed by atoms with Gasteiger partial charge in [-0.3, -0.25) is 4.79 Å². The zero-order valence-electron chi connectivity index (χ0n) is 9.99. The Bertz CT molecular complexity index is 826. The molecule has 5 heteroatoms. The molecular weight excluding hydrogens is 423 g/mol. The maximum atomic E-state index is 12.7. The summed E-state index contributed by atoms with van der Waals surface area (Å²) < 4.78 is 2.83. The van der Waals surface area contributed by atoms with Crippen molar-refractivity contribution < 1.29 is 4.79 Å². The van der Waals surface area contributed by atoms with Crippen molar-refractivity contribution in [3.05, 3.63) is 66.9 Å². The van der Waals surface area contributed by atoms with Crippen molar-refractivity contribution in [2.75, 3.05) is 0 Å². The van der Waals surface area contributed by atoms with Crippen molar-refractivity contribution in [3.63, 3.8) is 0 Å². The third-order valence-electron chi connectivity index (χ3n) is 2.97. The van der Waals surface area contributed by atoms with E-state index in [0.29, 0.717) is 16.1 Å². The van der Waals surface area contributed by atoms with Crippen LogP contribution in [0, 0.1) is 0 Å². The van der Waals surface area contributed by atoms with Crippen LogP contribution in [-0.2, 0) is 0 Å². The number of carbonyl (C=O) groups excluding carboxylic acids is 1. The third kappa shape index (κ3) is 2.46. The lowest BCUT2D eigenvalue weighted by molar-refractivity contribution is 0.104. The monoisotopic (exact) mass is 428 g/mol. The third-order valence-corrected chi connectivity index (χ3v) is 5.85. The van der Waals surface area contributed by atoms with Gasteiger partial charge in [0, 0.05) is 40.6 Å². The summed E-state index contributed by atoms with van der Waals surface area (Å²) in [6.45, 7) is 0. The Morgan fingerprint density at radius 1 is 1.05 bits per heavy atom. The van der Waals surface area contributed by atoms with Crippen molar-refractivity contribution in [1.82, 2.24) is 0 Å². The van der Waals surface area contributed by atoms with Crippen LogP contribution in [0.25, 0.3) is 10.1 Å². The Morgan fingerprint density at radius 3 is 2.65 bits per heavy atom. The molecule has 1 aromatic heterocycles. The van der Waals surface area contributed by atoms with Crippen LogP contribution in [0.4, 0.5) is 0 Å². The fourth-order valence-electron chi connectivity index (χ4n) is 2.01. The Morgan fingerprint density at radius 2 is 1.85 bits per heavy atom. The molecule has 2 aromatic carbocycles. The van der Waals surface area contributed by atoms with Crippen LogP contribution in [0.15, 0.2) is 50.7 Å². The summed E-state index contributed by atoms with van der Waals surface area (Å²) in [6, 6.07) is 11.1. The second kappa shape index (κ2) is 5.60. The molecule has 0 saturated carbocycles. The van der Waals surface area contributed by atoms with Crippen LogP contribution in [0.5, 0.6) is 0 Å². The first-order chi connectivity index (χ1) is 9.58. The number of halogens is 3. The molecule has 1 nitrogen and oxygen atoms in total. The largest absolute Gasteiger partial charge is 0.289 e. The van der Waals surface area contributed by atoms with Gasteiger partial charge in [0.15, 0.2) is 5.78 Å². The number of ketones is 1. The van der Waals surface area contributed by atoms with Gasteiger partial charge in [0.1, 0.15) is 0 Å². The van der Waals surface area contributed by atoms with Gasteiger partial charge in [-0.05, 0) is 40.2 Å². The topological polar surface area (TPSA) is 17.1 Å². The van der Waals surface area contributed by atoms with Crippen LogP contribution in [-0.4, -0.2) is 5.78 Å². The zero-order chi connectivity index (χ0) is 14.3. The normalized spacial score (nSPS) is 10.9. The highest BCUT2D eigenvalue weighted by atomic mass is 79.9. The Balaban J connectivity index is 2.18. The van der Waals surface area contributed by atoms with Gasteiger partial charge >= 0.3 is 0 Å². The highest BCUT2D eigenvalue weighted by molar-refractivity contribution is 9.11. The lowest BCUT2D eigenvalue weighted by Gasteiger charge is -2.04. The molecule has 0 N–H and O–H groups in total. The predicted molar refractivity (Wildman–Crippen MR) is 92.1 cm³/mol. The molecule has 0 aliphatic heterocycles. The van der Waals surface area contributed by atoms with E-state index in [9.17, 15) is 4.79 Å². The van der Waals surface area contributed by atoms with E-state index < -0.39 is 0 Å². The minimum atomic E-state index is -0.0243. The minimum absolute atomic E-state index is 0.0243. The Kier molecular flexibility index (Phi) is 4.00. The first-order valence-corrected chi connectivity index (χ1v) is 8.58. The molecule has 100 valence electrons. The number of rotatable bonds is 2. The predicted octanol–water partition coefficient (Wildman–Crippen LogP) is 6.31. The summed E-state index contributed by atoms with van der Waals surface area (Å²) in [5, 5.41) is 3.41. The van der Waals surface area contributed by atoms with Gasteiger partial charge in [-0.2, -0.15) is 0 Å². The maximum absolute atomic E-state index is 12.7. The van der Waals surface area contributed by atoms with Gasteiger partial charge < -0.3 is 0 Å². The molecule has 0 amide bonds. The molecule has 0 radical (unpaired) electrons. The average molecular weight is 431 g/mol. The molecule has 0 atom stereocenters. The smallest absolute Gasteiger partial charge is 0.195 e. The van der Waals surface area contributed by atoms with Crippen LogP contribution in [0.3, 0.4) is 0 Å². The number of carbonyl (C=O) groups is 1. The first kappa shape index (κ1) is 14.3. The molecule has 0 bridgehead atoms. The van der Waals surface area contributed by atoms with Gasteiger partial charge in [-0.15, -0.1) is 11.3 Å². The Hall–Kier alpha value is -0.680. The highest BCUT2D eigenvalue weighted by Crippen LogP contribution is 2.34. The molecular formula is C15H7Br2ClOS. The molecule has 0 fully saturated rings. The number of fused-ring (bicyclic) bond motifs is 1. The number of hydrogen-bond acceptors (Lipinski definition) is 2. The van der Waals surface area contributed by atoms with Gasteiger partial charge in [0.2, 0.25) is 0 Å². The quantitative estimate of drug-likeness (QED) is 0.436. The van der Waals surface area contributed by atoms with Crippen molar-refractivity contribution in [2.24, 2.45) is 0 Å². The van der Waals surface area contributed by atoms with E-state index in [1.165, 1.54) is 0 Å². The van der Waals surface area contributed by atoms with E-state index in [4.69, 9.17) is 11.6 Å². The summed E-state index contributed by atoms with van der Waals surface area (Å²) in [4.78, 5) is 12.7. The van der Waals surface area contributed by atoms with Gasteiger partial charge in [0.05, 0.1) is 0 Å². The Labute approximate surface area is 141 Å². The van der Waals surface area contributed by atoms with E-state index in [0.717, 1.165) is 19.0 Å². The van der Waals surface area contributed by atoms with E-state index in [2.05, 4.69) is 31.9 Å². The molecule has 0 aliphatic rings. The van der Waals surface area contributed by atoms with Crippen molar-refractivity contribution in [1.29, 1.82) is 0 Å². The number of benzene rings is 2. The fourth-order valence-corrected chi connectivity index (χ4v) is 4.22. The average Bonchev–Trinajstić information content (AvgIpc) is 2.86. The van der Waals surface area contributed by atoms with Crippen molar-refractivity contribution >= 4 is 70.7 Å². The fraction of sp³-hybridized carbons (Fsp3) is 0. The molecule has 0 spiro atoms. The summed E-state index contributed by atoms with van der Waals surface area (Å²) in [7, 11) is 0. The molecule has 0 unspecified atom stereocenters. The summed E-state index contributed by atoms with van der Waals surface area (Å²) in [5.41, 5.74) is 1.28. The number of thiophene rings is 1. The SMILES string of the molecule is O=C(c1cc(Cl)ccc1Br)c1csc2c(Br)cccc12. The van der Waals surface area contributed by atoms with Crippen LogP contribution in [0.1, 0.15) is 15.9 Å². The van der Waals surface area contributed by atoms with E-state index >= 15 is 0 Å². The lowest BCUT2D eigenvalue weighted by atomic mass is 10.0. The molecule has 20 heavy (non-hydrogen) atoms. The van der Waals surface area contributed by atoms with Gasteiger partial charge in [-0.25, -0.2) is 0 Å². The molecule has 3 aromatic rings. The first-order valence-electron chi connectivity index (χ1n) is 5.73. The molecule has 1 heterocycles. The minimum Gasteiger partial charge on any atom is -0.289 e. The van der Waals surface area contributed by atoms with E-state index in [-0.39, 0.29) is 5.78 Å².